The highest BCUT2D eigenvalue weighted by molar-refractivity contribution is 8.16. The van der Waals surface area contributed by atoms with E-state index in [4.69, 9.17) is 0 Å². The molecule has 26 heavy (non-hydrogen) atoms. The molecule has 0 saturated carbocycles. The molecule has 0 amide bonds. The van der Waals surface area contributed by atoms with Crippen LogP contribution in [0.1, 0.15) is 30.4 Å². The number of fused-ring (bicyclic) bond motifs is 2. The van der Waals surface area contributed by atoms with Crippen LogP contribution in [0.2, 0.25) is 0 Å². The fourth-order valence-electron chi connectivity index (χ4n) is 3.76. The number of aryl methyl sites for hydroxylation is 1. The number of hydrogen-bond acceptors (Lipinski definition) is 0. The number of H-pyrrole nitrogens is 2. The van der Waals surface area contributed by atoms with E-state index in [1.807, 2.05) is 12.3 Å². The maximum Gasteiger partial charge on any atom is 0.147 e. The van der Waals surface area contributed by atoms with Gasteiger partial charge in [0.2, 0.25) is 0 Å². The molecule has 0 radical (unpaired) electrons. The lowest BCUT2D eigenvalue weighted by atomic mass is 9.93. The summed E-state index contributed by atoms with van der Waals surface area (Å²) in [6.45, 7) is 2.23. The molecule has 0 fully saturated rings. The van der Waals surface area contributed by atoms with E-state index >= 15 is 0 Å². The Hall–Kier alpha value is -2.20. The quantitative estimate of drug-likeness (QED) is 0.353. The second kappa shape index (κ2) is 6.84. The van der Waals surface area contributed by atoms with Gasteiger partial charge < -0.3 is 9.97 Å². The van der Waals surface area contributed by atoms with Crippen LogP contribution in [0.25, 0.3) is 21.8 Å². The molecular weight excluding hydrogens is 343 g/mol. The van der Waals surface area contributed by atoms with Crippen LogP contribution < -0.4 is 0 Å². The standard InChI is InChI=1S/C22H25FN2S/c1-14(18-12-25-22-16(18)5-4-6-19(22)23)7-8-15-9-10-20-17(11-15)21(13-24-20)26(2)3/h4-6,9-14,24-26H,7-8H2,1-3H3. The maximum atomic E-state index is 13.9. The molecule has 4 aromatic rings. The SMILES string of the molecule is CC(CCc1ccc2[nH]cc([SH](C)C)c2c1)c1c[nH]c2c(F)cccc12. The molecule has 1 atom stereocenters. The number of halogens is 1. The van der Waals surface area contributed by atoms with Gasteiger partial charge in [-0.1, -0.05) is 25.1 Å². The van der Waals surface area contributed by atoms with Gasteiger partial charge in [0.15, 0.2) is 0 Å². The highest BCUT2D eigenvalue weighted by Gasteiger charge is 2.14. The lowest BCUT2D eigenvalue weighted by molar-refractivity contribution is 0.637. The van der Waals surface area contributed by atoms with Crippen molar-refractivity contribution in [2.45, 2.75) is 30.6 Å². The van der Waals surface area contributed by atoms with Crippen LogP contribution in [-0.2, 0) is 6.42 Å². The maximum absolute atomic E-state index is 13.9. The summed E-state index contributed by atoms with van der Waals surface area (Å²) in [6, 6.07) is 12.1. The van der Waals surface area contributed by atoms with Crippen molar-refractivity contribution >= 4 is 32.7 Å². The van der Waals surface area contributed by atoms with Crippen molar-refractivity contribution in [1.29, 1.82) is 0 Å². The van der Waals surface area contributed by atoms with Crippen LogP contribution in [0.5, 0.6) is 0 Å². The van der Waals surface area contributed by atoms with Crippen molar-refractivity contribution in [3.63, 3.8) is 0 Å². The molecule has 0 aliphatic rings. The molecule has 0 spiro atoms. The molecule has 2 aromatic carbocycles. The molecule has 4 heteroatoms. The van der Waals surface area contributed by atoms with Crippen molar-refractivity contribution in [1.82, 2.24) is 9.97 Å². The summed E-state index contributed by atoms with van der Waals surface area (Å²) in [7, 11) is -0.116. The first-order chi connectivity index (χ1) is 12.5. The third-order valence-electron chi connectivity index (χ3n) is 5.30. The molecule has 0 saturated heterocycles. The number of benzene rings is 2. The first-order valence-corrected chi connectivity index (χ1v) is 11.3. The minimum absolute atomic E-state index is 0.116. The highest BCUT2D eigenvalue weighted by Crippen LogP contribution is 2.36. The lowest BCUT2D eigenvalue weighted by Gasteiger charge is -2.12. The Balaban J connectivity index is 1.55. The largest absolute Gasteiger partial charge is 0.360 e. The predicted molar refractivity (Wildman–Crippen MR) is 112 cm³/mol. The van der Waals surface area contributed by atoms with E-state index in [0.29, 0.717) is 11.4 Å². The minimum atomic E-state index is -0.179. The number of rotatable bonds is 5. The molecule has 0 bridgehead atoms. The number of aromatic amines is 2. The van der Waals surface area contributed by atoms with E-state index in [0.717, 1.165) is 18.2 Å². The Morgan fingerprint density at radius 3 is 2.69 bits per heavy atom. The van der Waals surface area contributed by atoms with E-state index in [1.165, 1.54) is 33.0 Å². The molecule has 2 nitrogen and oxygen atoms in total. The van der Waals surface area contributed by atoms with Gasteiger partial charge in [-0.15, -0.1) is 0 Å². The summed E-state index contributed by atoms with van der Waals surface area (Å²) in [5, 5.41) is 2.36. The topological polar surface area (TPSA) is 31.6 Å². The van der Waals surface area contributed by atoms with Crippen LogP contribution >= 0.6 is 10.9 Å². The predicted octanol–water partition coefficient (Wildman–Crippen LogP) is 6.14. The second-order valence-electron chi connectivity index (χ2n) is 7.29. The molecule has 136 valence electrons. The molecular formula is C22H25FN2S. The van der Waals surface area contributed by atoms with Crippen LogP contribution in [0.4, 0.5) is 4.39 Å². The van der Waals surface area contributed by atoms with Crippen molar-refractivity contribution in [3.8, 4) is 0 Å². The van der Waals surface area contributed by atoms with Crippen molar-refractivity contribution in [2.75, 3.05) is 12.5 Å². The zero-order chi connectivity index (χ0) is 18.3. The number of para-hydroxylation sites is 1. The summed E-state index contributed by atoms with van der Waals surface area (Å²) >= 11 is 0. The summed E-state index contributed by atoms with van der Waals surface area (Å²) in [4.78, 5) is 7.93. The van der Waals surface area contributed by atoms with Crippen LogP contribution in [0.15, 0.2) is 53.7 Å². The van der Waals surface area contributed by atoms with E-state index in [9.17, 15) is 4.39 Å². The minimum Gasteiger partial charge on any atom is -0.360 e. The molecule has 1 unspecified atom stereocenters. The number of hydrogen-bond donors (Lipinski definition) is 3. The normalized spacial score (nSPS) is 13.5. The van der Waals surface area contributed by atoms with E-state index in [1.54, 1.807) is 6.07 Å². The van der Waals surface area contributed by atoms with Crippen molar-refractivity contribution < 1.29 is 4.39 Å². The Kier molecular flexibility index (Phi) is 4.53. The number of thiol groups is 1. The fraction of sp³-hybridized carbons (Fsp3) is 0.273. The third-order valence-corrected chi connectivity index (χ3v) is 6.63. The molecule has 4 rings (SSSR count). The van der Waals surface area contributed by atoms with Gasteiger partial charge in [-0.3, -0.25) is 0 Å². The molecule has 0 aliphatic heterocycles. The smallest absolute Gasteiger partial charge is 0.147 e. The molecule has 2 N–H and O–H groups in total. The van der Waals surface area contributed by atoms with Crippen LogP contribution in [0.3, 0.4) is 0 Å². The summed E-state index contributed by atoms with van der Waals surface area (Å²) in [5.74, 6) is 0.198. The van der Waals surface area contributed by atoms with Gasteiger partial charge in [0, 0.05) is 33.6 Å². The van der Waals surface area contributed by atoms with Gasteiger partial charge in [-0.05, 0) is 60.6 Å². The van der Waals surface area contributed by atoms with Crippen LogP contribution in [-0.4, -0.2) is 22.5 Å². The summed E-state index contributed by atoms with van der Waals surface area (Å²) in [5.41, 5.74) is 4.41. The highest BCUT2D eigenvalue weighted by atomic mass is 32.2. The van der Waals surface area contributed by atoms with Crippen molar-refractivity contribution in [2.24, 2.45) is 0 Å². The Labute approximate surface area is 156 Å². The average molecular weight is 369 g/mol. The Morgan fingerprint density at radius 1 is 1.04 bits per heavy atom. The zero-order valence-electron chi connectivity index (χ0n) is 15.4. The van der Waals surface area contributed by atoms with E-state index in [2.05, 4.69) is 53.8 Å². The Morgan fingerprint density at radius 2 is 1.88 bits per heavy atom. The zero-order valence-corrected chi connectivity index (χ0v) is 16.3. The molecule has 2 aromatic heterocycles. The first-order valence-electron chi connectivity index (χ1n) is 9.07. The molecule has 0 aliphatic carbocycles. The van der Waals surface area contributed by atoms with E-state index in [-0.39, 0.29) is 16.7 Å². The lowest BCUT2D eigenvalue weighted by Crippen LogP contribution is -1.96. The van der Waals surface area contributed by atoms with E-state index < -0.39 is 0 Å². The third kappa shape index (κ3) is 3.03. The van der Waals surface area contributed by atoms with Gasteiger partial charge in [0.05, 0.1) is 5.52 Å². The fourth-order valence-corrected chi connectivity index (χ4v) is 4.75. The first kappa shape index (κ1) is 17.2. The van der Waals surface area contributed by atoms with Gasteiger partial charge >= 0.3 is 0 Å². The number of aromatic nitrogens is 2. The van der Waals surface area contributed by atoms with Gasteiger partial charge in [0.25, 0.3) is 0 Å². The number of nitrogens with one attached hydrogen (secondary N) is 2. The van der Waals surface area contributed by atoms with Crippen LogP contribution in [0, 0.1) is 5.82 Å². The van der Waals surface area contributed by atoms with Crippen molar-refractivity contribution in [3.05, 3.63) is 65.7 Å². The monoisotopic (exact) mass is 368 g/mol. The summed E-state index contributed by atoms with van der Waals surface area (Å²) < 4.78 is 13.9. The average Bonchev–Trinajstić information content (AvgIpc) is 3.24. The second-order valence-corrected chi connectivity index (χ2v) is 9.57. The van der Waals surface area contributed by atoms with Gasteiger partial charge in [0.1, 0.15) is 5.82 Å². The summed E-state index contributed by atoms with van der Waals surface area (Å²) in [6.07, 6.45) is 10.8. The van der Waals surface area contributed by atoms with Gasteiger partial charge in [-0.25, -0.2) is 15.3 Å². The molecule has 2 heterocycles. The Bertz CT molecular complexity index is 1060. The van der Waals surface area contributed by atoms with Gasteiger partial charge in [-0.2, -0.15) is 0 Å².